The van der Waals surface area contributed by atoms with Gasteiger partial charge in [-0.1, -0.05) is 18.2 Å². The predicted octanol–water partition coefficient (Wildman–Crippen LogP) is 2.17. The molecule has 0 saturated heterocycles. The number of aromatic nitrogens is 1. The van der Waals surface area contributed by atoms with E-state index in [0.717, 1.165) is 36.0 Å². The molecular formula is C15H17N3O. The second-order valence-electron chi connectivity index (χ2n) is 4.87. The first-order valence-corrected chi connectivity index (χ1v) is 6.70. The molecule has 19 heavy (non-hydrogen) atoms. The van der Waals surface area contributed by atoms with Gasteiger partial charge in [0.25, 0.3) is 0 Å². The van der Waals surface area contributed by atoms with Crippen LogP contribution < -0.4 is 10.6 Å². The zero-order valence-corrected chi connectivity index (χ0v) is 10.7. The van der Waals surface area contributed by atoms with Crippen molar-refractivity contribution >= 4 is 22.5 Å². The monoisotopic (exact) mass is 255 g/mol. The number of amides is 1. The number of nitrogens with zero attached hydrogens (tertiary/aromatic N) is 1. The fraction of sp³-hybridized carbons (Fsp3) is 0.333. The normalized spacial score (nSPS) is 14.3. The lowest BCUT2D eigenvalue weighted by Gasteiger charge is -2.10. The molecule has 1 aromatic carbocycles. The van der Waals surface area contributed by atoms with Gasteiger partial charge in [-0.3, -0.25) is 9.78 Å². The molecule has 2 N–H and O–H groups in total. The minimum Gasteiger partial charge on any atom is -0.383 e. The van der Waals surface area contributed by atoms with Gasteiger partial charge in [-0.25, -0.2) is 0 Å². The van der Waals surface area contributed by atoms with Gasteiger partial charge in [-0.15, -0.1) is 0 Å². The summed E-state index contributed by atoms with van der Waals surface area (Å²) < 4.78 is 0. The lowest BCUT2D eigenvalue weighted by Crippen LogP contribution is -2.29. The number of rotatable bonds is 5. The van der Waals surface area contributed by atoms with Crippen LogP contribution >= 0.6 is 0 Å². The first-order valence-electron chi connectivity index (χ1n) is 6.70. The summed E-state index contributed by atoms with van der Waals surface area (Å²) in [5.74, 6) is 0.475. The number of benzene rings is 1. The number of nitrogens with one attached hydrogen (secondary N) is 2. The zero-order valence-electron chi connectivity index (χ0n) is 10.7. The molecule has 0 aliphatic heterocycles. The maximum absolute atomic E-state index is 11.5. The molecule has 1 fully saturated rings. The Morgan fingerprint density at radius 3 is 2.89 bits per heavy atom. The quantitative estimate of drug-likeness (QED) is 0.805. The second-order valence-corrected chi connectivity index (χ2v) is 4.87. The van der Waals surface area contributed by atoms with Gasteiger partial charge in [0.1, 0.15) is 0 Å². The maximum atomic E-state index is 11.5. The molecule has 1 saturated carbocycles. The van der Waals surface area contributed by atoms with Crippen molar-refractivity contribution in [2.75, 3.05) is 18.4 Å². The molecule has 1 aliphatic rings. The van der Waals surface area contributed by atoms with Crippen molar-refractivity contribution in [3.8, 4) is 0 Å². The molecule has 98 valence electrons. The third kappa shape index (κ3) is 2.84. The molecule has 4 nitrogen and oxygen atoms in total. The van der Waals surface area contributed by atoms with Gasteiger partial charge in [0.15, 0.2) is 0 Å². The Balaban J connectivity index is 1.57. The Hall–Kier alpha value is -2.10. The van der Waals surface area contributed by atoms with Crippen LogP contribution in [0.4, 0.5) is 5.69 Å². The highest BCUT2D eigenvalue weighted by molar-refractivity contribution is 5.90. The van der Waals surface area contributed by atoms with Crippen LogP contribution in [0.5, 0.6) is 0 Å². The number of hydrogen-bond donors (Lipinski definition) is 2. The second kappa shape index (κ2) is 5.26. The molecule has 2 aromatic rings. The van der Waals surface area contributed by atoms with E-state index in [2.05, 4.69) is 15.6 Å². The van der Waals surface area contributed by atoms with E-state index >= 15 is 0 Å². The van der Waals surface area contributed by atoms with Gasteiger partial charge in [0, 0.05) is 36.3 Å². The molecule has 0 spiro atoms. The van der Waals surface area contributed by atoms with Gasteiger partial charge >= 0.3 is 0 Å². The number of para-hydroxylation sites is 1. The molecule has 0 radical (unpaired) electrons. The first-order chi connectivity index (χ1) is 9.34. The van der Waals surface area contributed by atoms with Crippen molar-refractivity contribution in [3.63, 3.8) is 0 Å². The minimum absolute atomic E-state index is 0.196. The van der Waals surface area contributed by atoms with Crippen molar-refractivity contribution in [2.24, 2.45) is 5.92 Å². The molecule has 0 unspecified atom stereocenters. The van der Waals surface area contributed by atoms with Crippen LogP contribution in [0.1, 0.15) is 12.8 Å². The Labute approximate surface area is 112 Å². The van der Waals surface area contributed by atoms with Crippen LogP contribution in [0.3, 0.4) is 0 Å². The summed E-state index contributed by atoms with van der Waals surface area (Å²) in [5, 5.41) is 7.40. The number of hydrogen-bond acceptors (Lipinski definition) is 3. The SMILES string of the molecule is O=C(NCCNc1ccnc2ccccc12)C1CC1. The molecule has 3 rings (SSSR count). The van der Waals surface area contributed by atoms with Crippen molar-refractivity contribution < 1.29 is 4.79 Å². The van der Waals surface area contributed by atoms with E-state index < -0.39 is 0 Å². The van der Waals surface area contributed by atoms with Crippen molar-refractivity contribution in [2.45, 2.75) is 12.8 Å². The Morgan fingerprint density at radius 2 is 2.05 bits per heavy atom. The van der Waals surface area contributed by atoms with Gasteiger partial charge < -0.3 is 10.6 Å². The van der Waals surface area contributed by atoms with Crippen LogP contribution in [-0.2, 0) is 4.79 Å². The van der Waals surface area contributed by atoms with Gasteiger partial charge in [-0.2, -0.15) is 0 Å². The van der Waals surface area contributed by atoms with E-state index in [9.17, 15) is 4.79 Å². The number of carbonyl (C=O) groups is 1. The fourth-order valence-corrected chi connectivity index (χ4v) is 2.12. The molecule has 1 aliphatic carbocycles. The Kier molecular flexibility index (Phi) is 3.31. The fourth-order valence-electron chi connectivity index (χ4n) is 2.12. The smallest absolute Gasteiger partial charge is 0.223 e. The third-order valence-electron chi connectivity index (χ3n) is 3.34. The highest BCUT2D eigenvalue weighted by atomic mass is 16.2. The van der Waals surface area contributed by atoms with Crippen LogP contribution in [0.15, 0.2) is 36.5 Å². The van der Waals surface area contributed by atoms with Crippen LogP contribution in [0.25, 0.3) is 10.9 Å². The summed E-state index contributed by atoms with van der Waals surface area (Å²) in [5.41, 5.74) is 2.04. The lowest BCUT2D eigenvalue weighted by molar-refractivity contribution is -0.122. The summed E-state index contributed by atoms with van der Waals surface area (Å²) in [6.07, 6.45) is 3.90. The summed E-state index contributed by atoms with van der Waals surface area (Å²) in [7, 11) is 0. The number of pyridine rings is 1. The molecular weight excluding hydrogens is 238 g/mol. The third-order valence-corrected chi connectivity index (χ3v) is 3.34. The molecule has 0 atom stereocenters. The van der Waals surface area contributed by atoms with E-state index in [4.69, 9.17) is 0 Å². The summed E-state index contributed by atoms with van der Waals surface area (Å²) in [6.45, 7) is 1.39. The Bertz CT molecular complexity index is 587. The first kappa shape index (κ1) is 12.0. The Morgan fingerprint density at radius 1 is 1.21 bits per heavy atom. The minimum atomic E-state index is 0.196. The zero-order chi connectivity index (χ0) is 13.1. The highest BCUT2D eigenvalue weighted by Gasteiger charge is 2.28. The van der Waals surface area contributed by atoms with Crippen LogP contribution in [0, 0.1) is 5.92 Å². The highest BCUT2D eigenvalue weighted by Crippen LogP contribution is 2.28. The standard InChI is InChI=1S/C15H17N3O/c19-15(11-5-6-11)18-10-9-17-14-7-8-16-13-4-2-1-3-12(13)14/h1-4,7-8,11H,5-6,9-10H2,(H,16,17)(H,18,19). The summed E-state index contributed by atoms with van der Waals surface area (Å²) >= 11 is 0. The van der Waals surface area contributed by atoms with Crippen molar-refractivity contribution in [3.05, 3.63) is 36.5 Å². The van der Waals surface area contributed by atoms with E-state index in [1.165, 1.54) is 0 Å². The van der Waals surface area contributed by atoms with Crippen molar-refractivity contribution in [1.82, 2.24) is 10.3 Å². The maximum Gasteiger partial charge on any atom is 0.223 e. The molecule has 4 heteroatoms. The van der Waals surface area contributed by atoms with Crippen molar-refractivity contribution in [1.29, 1.82) is 0 Å². The van der Waals surface area contributed by atoms with E-state index in [1.807, 2.05) is 30.3 Å². The summed E-state index contributed by atoms with van der Waals surface area (Å²) in [4.78, 5) is 15.8. The number of anilines is 1. The van der Waals surface area contributed by atoms with E-state index in [-0.39, 0.29) is 11.8 Å². The topological polar surface area (TPSA) is 54.0 Å². The van der Waals surface area contributed by atoms with Gasteiger partial charge in [0.05, 0.1) is 5.52 Å². The molecule has 1 aromatic heterocycles. The van der Waals surface area contributed by atoms with Gasteiger partial charge in [-0.05, 0) is 25.0 Å². The number of fused-ring (bicyclic) bond motifs is 1. The molecule has 1 amide bonds. The van der Waals surface area contributed by atoms with E-state index in [0.29, 0.717) is 6.54 Å². The molecule has 1 heterocycles. The number of carbonyl (C=O) groups excluding carboxylic acids is 1. The van der Waals surface area contributed by atoms with Crippen LogP contribution in [-0.4, -0.2) is 24.0 Å². The van der Waals surface area contributed by atoms with E-state index in [1.54, 1.807) is 6.20 Å². The summed E-state index contributed by atoms with van der Waals surface area (Å²) in [6, 6.07) is 9.99. The van der Waals surface area contributed by atoms with Crippen LogP contribution in [0.2, 0.25) is 0 Å². The average Bonchev–Trinajstić information content (AvgIpc) is 3.28. The average molecular weight is 255 g/mol. The lowest BCUT2D eigenvalue weighted by atomic mass is 10.2. The largest absolute Gasteiger partial charge is 0.383 e. The predicted molar refractivity (Wildman–Crippen MR) is 76.0 cm³/mol. The molecule has 0 bridgehead atoms. The van der Waals surface area contributed by atoms with Gasteiger partial charge in [0.2, 0.25) is 5.91 Å².